The number of morpholine rings is 1. The average molecular weight is 414 g/mol. The Morgan fingerprint density at radius 2 is 1.93 bits per heavy atom. The van der Waals surface area contributed by atoms with Crippen molar-refractivity contribution < 1.29 is 23.0 Å². The Kier molecular flexibility index (Phi) is 7.22. The monoisotopic (exact) mass is 413 g/mol. The quantitative estimate of drug-likeness (QED) is 0.309. The Hall–Kier alpha value is -1.75. The van der Waals surface area contributed by atoms with Crippen molar-refractivity contribution in [1.29, 1.82) is 0 Å². The number of nitro benzene ring substituents is 1. The van der Waals surface area contributed by atoms with E-state index in [-0.39, 0.29) is 16.6 Å². The minimum Gasteiger partial charge on any atom is -0.377 e. The normalized spacial score (nSPS) is 19.0. The summed E-state index contributed by atoms with van der Waals surface area (Å²) in [5, 5.41) is 14.6. The van der Waals surface area contributed by atoms with E-state index >= 15 is 0 Å². The topological polar surface area (TPSA) is 115 Å². The van der Waals surface area contributed by atoms with Crippen LogP contribution in [0.15, 0.2) is 23.1 Å². The first kappa shape index (κ1) is 21.0. The molecule has 1 aliphatic heterocycles. The third-order valence-corrected chi connectivity index (χ3v) is 6.85. The van der Waals surface area contributed by atoms with Crippen LogP contribution in [0.1, 0.15) is 32.1 Å². The molecule has 9 nitrogen and oxygen atoms in total. The molecule has 0 amide bonds. The van der Waals surface area contributed by atoms with E-state index in [0.717, 1.165) is 64.6 Å². The number of quaternary nitrogens is 1. The molecule has 1 saturated carbocycles. The van der Waals surface area contributed by atoms with E-state index in [4.69, 9.17) is 4.74 Å². The van der Waals surface area contributed by atoms with Crippen molar-refractivity contribution in [3.63, 3.8) is 0 Å². The Morgan fingerprint density at radius 3 is 2.61 bits per heavy atom. The van der Waals surface area contributed by atoms with Gasteiger partial charge in [0.25, 0.3) is 5.69 Å². The molecule has 3 rings (SSSR count). The second kappa shape index (κ2) is 9.64. The van der Waals surface area contributed by atoms with Gasteiger partial charge in [0.15, 0.2) is 0 Å². The summed E-state index contributed by atoms with van der Waals surface area (Å²) in [5.74, 6) is 0. The van der Waals surface area contributed by atoms with Crippen molar-refractivity contribution in [3.05, 3.63) is 28.3 Å². The van der Waals surface area contributed by atoms with Gasteiger partial charge >= 0.3 is 0 Å². The van der Waals surface area contributed by atoms with Crippen molar-refractivity contribution in [1.82, 2.24) is 4.72 Å². The molecule has 156 valence electrons. The van der Waals surface area contributed by atoms with E-state index in [1.54, 1.807) is 0 Å². The van der Waals surface area contributed by atoms with Crippen molar-refractivity contribution in [2.75, 3.05) is 44.7 Å². The Bertz CT molecular complexity index is 774. The zero-order chi connectivity index (χ0) is 20.0. The third-order valence-electron chi connectivity index (χ3n) is 5.39. The molecule has 28 heavy (non-hydrogen) atoms. The summed E-state index contributed by atoms with van der Waals surface area (Å²) in [6.45, 7) is 4.54. The molecule has 0 spiro atoms. The number of hydrogen-bond donors (Lipinski definition) is 3. The van der Waals surface area contributed by atoms with Crippen molar-refractivity contribution in [3.8, 4) is 0 Å². The lowest BCUT2D eigenvalue weighted by atomic mass is 10.2. The molecule has 1 heterocycles. The van der Waals surface area contributed by atoms with E-state index in [0.29, 0.717) is 18.7 Å². The van der Waals surface area contributed by atoms with Gasteiger partial charge in [0.2, 0.25) is 10.0 Å². The van der Waals surface area contributed by atoms with Crippen molar-refractivity contribution >= 4 is 21.4 Å². The molecule has 0 unspecified atom stereocenters. The fraction of sp³-hybridized carbons (Fsp3) is 0.667. The van der Waals surface area contributed by atoms with Gasteiger partial charge in [-0.25, -0.2) is 13.1 Å². The van der Waals surface area contributed by atoms with Gasteiger partial charge in [-0.05, 0) is 25.0 Å². The molecule has 3 N–H and O–H groups in total. The van der Waals surface area contributed by atoms with Crippen LogP contribution < -0.4 is 14.9 Å². The van der Waals surface area contributed by atoms with Crippen LogP contribution in [0.2, 0.25) is 0 Å². The summed E-state index contributed by atoms with van der Waals surface area (Å²) in [5.41, 5.74) is 0.180. The number of anilines is 1. The van der Waals surface area contributed by atoms with Crippen LogP contribution in [0, 0.1) is 10.1 Å². The second-order valence-corrected chi connectivity index (χ2v) is 9.19. The summed E-state index contributed by atoms with van der Waals surface area (Å²) >= 11 is 0. The molecule has 1 aliphatic carbocycles. The zero-order valence-corrected chi connectivity index (χ0v) is 16.8. The van der Waals surface area contributed by atoms with Crippen LogP contribution in [0.4, 0.5) is 11.4 Å². The number of ether oxygens (including phenoxy) is 1. The molecule has 0 radical (unpaired) electrons. The number of hydrogen-bond acceptors (Lipinski definition) is 6. The SMILES string of the molecule is O=[N+]([O-])c1cc(S(=O)(=O)NCCC[NH+]2CCOCC2)ccc1NC1CCCC1. The van der Waals surface area contributed by atoms with E-state index in [2.05, 4.69) is 10.0 Å². The van der Waals surface area contributed by atoms with Crippen LogP contribution in [0.5, 0.6) is 0 Å². The van der Waals surface area contributed by atoms with Crippen LogP contribution in [0.3, 0.4) is 0 Å². The summed E-state index contributed by atoms with van der Waals surface area (Å²) < 4.78 is 32.9. The van der Waals surface area contributed by atoms with Crippen LogP contribution in [0.25, 0.3) is 0 Å². The molecule has 0 bridgehead atoms. The first-order valence-corrected chi connectivity index (χ1v) is 11.4. The third kappa shape index (κ3) is 5.63. The predicted molar refractivity (Wildman–Crippen MR) is 105 cm³/mol. The van der Waals surface area contributed by atoms with Gasteiger partial charge in [-0.15, -0.1) is 0 Å². The number of rotatable bonds is 9. The zero-order valence-electron chi connectivity index (χ0n) is 16.0. The second-order valence-electron chi connectivity index (χ2n) is 7.43. The lowest BCUT2D eigenvalue weighted by molar-refractivity contribution is -0.908. The highest BCUT2D eigenvalue weighted by Gasteiger charge is 2.24. The number of sulfonamides is 1. The van der Waals surface area contributed by atoms with E-state index in [1.807, 2.05) is 0 Å². The number of nitrogens with zero attached hydrogens (tertiary/aromatic N) is 1. The predicted octanol–water partition coefficient (Wildman–Crippen LogP) is 0.533. The van der Waals surface area contributed by atoms with E-state index in [1.165, 1.54) is 17.0 Å². The highest BCUT2D eigenvalue weighted by atomic mass is 32.2. The first-order chi connectivity index (χ1) is 13.5. The minimum absolute atomic E-state index is 0.0742. The average Bonchev–Trinajstić information content (AvgIpc) is 3.19. The van der Waals surface area contributed by atoms with Crippen molar-refractivity contribution in [2.45, 2.75) is 43.0 Å². The fourth-order valence-corrected chi connectivity index (χ4v) is 4.87. The van der Waals surface area contributed by atoms with Gasteiger partial charge in [-0.2, -0.15) is 0 Å². The molecular formula is C18H29N4O5S+. The maximum absolute atomic E-state index is 12.5. The number of nitrogens with one attached hydrogen (secondary N) is 3. The van der Waals surface area contributed by atoms with Gasteiger partial charge in [0.05, 0.1) is 29.6 Å². The summed E-state index contributed by atoms with van der Waals surface area (Å²) in [6.07, 6.45) is 4.87. The van der Waals surface area contributed by atoms with Gasteiger partial charge in [-0.1, -0.05) is 12.8 Å². The molecule has 1 saturated heterocycles. The van der Waals surface area contributed by atoms with E-state index in [9.17, 15) is 18.5 Å². The molecule has 0 atom stereocenters. The number of benzene rings is 1. The number of nitro groups is 1. The fourth-order valence-electron chi connectivity index (χ4n) is 3.78. The van der Waals surface area contributed by atoms with Crippen LogP contribution in [-0.4, -0.2) is 58.8 Å². The Balaban J connectivity index is 1.60. The van der Waals surface area contributed by atoms with E-state index < -0.39 is 14.9 Å². The molecular weight excluding hydrogens is 384 g/mol. The molecule has 1 aromatic rings. The van der Waals surface area contributed by atoms with Crippen LogP contribution >= 0.6 is 0 Å². The summed E-state index contributed by atoms with van der Waals surface area (Å²) in [7, 11) is -3.78. The van der Waals surface area contributed by atoms with Gasteiger partial charge in [-0.3, -0.25) is 10.1 Å². The molecule has 0 aromatic heterocycles. The van der Waals surface area contributed by atoms with Gasteiger partial charge < -0.3 is 15.0 Å². The largest absolute Gasteiger partial charge is 0.377 e. The van der Waals surface area contributed by atoms with Gasteiger partial charge in [0.1, 0.15) is 18.8 Å². The van der Waals surface area contributed by atoms with Crippen LogP contribution in [-0.2, 0) is 14.8 Å². The van der Waals surface area contributed by atoms with Gasteiger partial charge in [0, 0.05) is 25.1 Å². The summed E-state index contributed by atoms with van der Waals surface area (Å²) in [6, 6.07) is 4.29. The lowest BCUT2D eigenvalue weighted by Gasteiger charge is -2.23. The lowest BCUT2D eigenvalue weighted by Crippen LogP contribution is -3.14. The highest BCUT2D eigenvalue weighted by molar-refractivity contribution is 7.89. The molecule has 2 aliphatic rings. The highest BCUT2D eigenvalue weighted by Crippen LogP contribution is 2.31. The first-order valence-electron chi connectivity index (χ1n) is 9.92. The summed E-state index contributed by atoms with van der Waals surface area (Å²) in [4.78, 5) is 12.2. The van der Waals surface area contributed by atoms with Crippen molar-refractivity contribution in [2.24, 2.45) is 0 Å². The minimum atomic E-state index is -3.78. The smallest absolute Gasteiger partial charge is 0.293 e. The molecule has 2 fully saturated rings. The molecule has 1 aromatic carbocycles. The Labute approximate surface area is 165 Å². The Morgan fingerprint density at radius 1 is 1.21 bits per heavy atom. The maximum atomic E-state index is 12.5. The maximum Gasteiger partial charge on any atom is 0.293 e. The standard InChI is InChI=1S/C18H28N4O5S/c23-22(24)18-14-16(6-7-17(18)20-15-4-1-2-5-15)28(25,26)19-8-3-9-21-10-12-27-13-11-21/h6-7,14-15,19-20H,1-5,8-13H2/p+1. The molecule has 10 heteroatoms.